The van der Waals surface area contributed by atoms with Gasteiger partial charge in [0.1, 0.15) is 0 Å². The smallest absolute Gasteiger partial charge is 0.242 e. The van der Waals surface area contributed by atoms with E-state index in [-0.39, 0.29) is 18.3 Å². The van der Waals surface area contributed by atoms with Gasteiger partial charge in [-0.05, 0) is 40.9 Å². The zero-order valence-electron chi connectivity index (χ0n) is 10.7. The van der Waals surface area contributed by atoms with Gasteiger partial charge in [-0.15, -0.1) is 23.7 Å². The maximum absolute atomic E-state index is 12.4. The normalized spacial score (nSPS) is 17.6. The molecule has 2 rings (SSSR count). The topological polar surface area (TPSA) is 55.6 Å². The first-order valence-electron chi connectivity index (χ1n) is 5.88. The molecule has 0 saturated carbocycles. The Morgan fingerprint density at radius 2 is 2.16 bits per heavy atom. The standard InChI is InChI=1S/C12H17BrN2O2S.ClH/c1-15(8-9-2-3-10(13)18-9)11(16)12(14)4-6-17-7-5-12;/h2-3H,4-8,14H2,1H3;1H. The van der Waals surface area contributed by atoms with Crippen LogP contribution in [0, 0.1) is 0 Å². The molecule has 1 aliphatic rings. The van der Waals surface area contributed by atoms with Crippen molar-refractivity contribution in [1.29, 1.82) is 0 Å². The third kappa shape index (κ3) is 4.16. The molecule has 0 bridgehead atoms. The van der Waals surface area contributed by atoms with Crippen LogP contribution in [0.2, 0.25) is 0 Å². The summed E-state index contributed by atoms with van der Waals surface area (Å²) < 4.78 is 6.34. The average molecular weight is 370 g/mol. The molecular weight excluding hydrogens is 352 g/mol. The fourth-order valence-electron chi connectivity index (χ4n) is 2.07. The summed E-state index contributed by atoms with van der Waals surface area (Å²) >= 11 is 5.06. The van der Waals surface area contributed by atoms with E-state index in [1.165, 1.54) is 0 Å². The first kappa shape index (κ1) is 16.9. The summed E-state index contributed by atoms with van der Waals surface area (Å²) in [7, 11) is 1.81. The molecule has 1 saturated heterocycles. The lowest BCUT2D eigenvalue weighted by molar-refractivity contribution is -0.139. The fraction of sp³-hybridized carbons (Fsp3) is 0.583. The quantitative estimate of drug-likeness (QED) is 0.890. The maximum atomic E-state index is 12.4. The van der Waals surface area contributed by atoms with Gasteiger partial charge in [-0.2, -0.15) is 0 Å². The zero-order valence-corrected chi connectivity index (χ0v) is 13.9. The van der Waals surface area contributed by atoms with Crippen LogP contribution in [-0.2, 0) is 16.1 Å². The van der Waals surface area contributed by atoms with Crippen LogP contribution in [0.15, 0.2) is 15.9 Å². The van der Waals surface area contributed by atoms with Gasteiger partial charge in [0.05, 0.1) is 15.9 Å². The summed E-state index contributed by atoms with van der Waals surface area (Å²) in [4.78, 5) is 15.2. The number of amides is 1. The molecule has 2 heterocycles. The number of halogens is 2. The van der Waals surface area contributed by atoms with E-state index < -0.39 is 5.54 Å². The molecule has 0 radical (unpaired) electrons. The molecule has 19 heavy (non-hydrogen) atoms. The second-order valence-corrected chi connectivity index (χ2v) is 7.18. The summed E-state index contributed by atoms with van der Waals surface area (Å²) in [5.41, 5.74) is 5.44. The number of carbonyl (C=O) groups is 1. The lowest BCUT2D eigenvalue weighted by atomic mass is 9.90. The number of ether oxygens (including phenoxy) is 1. The number of hydrogen-bond acceptors (Lipinski definition) is 4. The Hall–Kier alpha value is -0.140. The van der Waals surface area contributed by atoms with Crippen molar-refractivity contribution in [3.63, 3.8) is 0 Å². The van der Waals surface area contributed by atoms with Crippen molar-refractivity contribution in [3.05, 3.63) is 20.8 Å². The van der Waals surface area contributed by atoms with Crippen LogP contribution in [0.25, 0.3) is 0 Å². The third-order valence-corrected chi connectivity index (χ3v) is 4.79. The molecule has 1 aliphatic heterocycles. The molecule has 1 aromatic heterocycles. The van der Waals surface area contributed by atoms with Crippen LogP contribution in [0.5, 0.6) is 0 Å². The monoisotopic (exact) mass is 368 g/mol. The van der Waals surface area contributed by atoms with Gasteiger partial charge in [0.25, 0.3) is 0 Å². The van der Waals surface area contributed by atoms with Gasteiger partial charge in [0, 0.05) is 25.1 Å². The fourth-order valence-corrected chi connectivity index (χ4v) is 3.61. The second kappa shape index (κ2) is 7.04. The molecule has 108 valence electrons. The summed E-state index contributed by atoms with van der Waals surface area (Å²) in [6.07, 6.45) is 1.20. The Morgan fingerprint density at radius 3 is 2.68 bits per heavy atom. The van der Waals surface area contributed by atoms with Crippen molar-refractivity contribution in [1.82, 2.24) is 4.90 Å². The van der Waals surface area contributed by atoms with Gasteiger partial charge in [-0.1, -0.05) is 0 Å². The van der Waals surface area contributed by atoms with Gasteiger partial charge in [-0.3, -0.25) is 4.79 Å². The molecule has 1 aromatic rings. The molecule has 4 nitrogen and oxygen atoms in total. The van der Waals surface area contributed by atoms with Gasteiger partial charge >= 0.3 is 0 Å². The zero-order chi connectivity index (χ0) is 13.2. The van der Waals surface area contributed by atoms with Gasteiger partial charge < -0.3 is 15.4 Å². The van der Waals surface area contributed by atoms with Gasteiger partial charge in [-0.25, -0.2) is 0 Å². The van der Waals surface area contributed by atoms with E-state index in [1.54, 1.807) is 23.3 Å². The molecule has 7 heteroatoms. The Bertz CT molecular complexity index is 435. The van der Waals surface area contributed by atoms with E-state index >= 15 is 0 Å². The van der Waals surface area contributed by atoms with Crippen LogP contribution in [-0.4, -0.2) is 36.6 Å². The second-order valence-electron chi connectivity index (χ2n) is 4.64. The van der Waals surface area contributed by atoms with Crippen molar-refractivity contribution < 1.29 is 9.53 Å². The molecule has 2 N–H and O–H groups in total. The Balaban J connectivity index is 0.00000180. The minimum atomic E-state index is -0.749. The number of nitrogens with zero attached hydrogens (tertiary/aromatic N) is 1. The highest BCUT2D eigenvalue weighted by atomic mass is 79.9. The van der Waals surface area contributed by atoms with Crippen molar-refractivity contribution in [2.45, 2.75) is 24.9 Å². The maximum Gasteiger partial charge on any atom is 0.242 e. The van der Waals surface area contributed by atoms with Gasteiger partial charge in [0.2, 0.25) is 5.91 Å². The van der Waals surface area contributed by atoms with Crippen LogP contribution in [0.4, 0.5) is 0 Å². The molecule has 1 amide bonds. The van der Waals surface area contributed by atoms with E-state index in [2.05, 4.69) is 15.9 Å². The van der Waals surface area contributed by atoms with Crippen molar-refractivity contribution in [3.8, 4) is 0 Å². The number of nitrogens with two attached hydrogens (primary N) is 1. The predicted octanol–water partition coefficient (Wildman–Crippen LogP) is 2.40. The largest absolute Gasteiger partial charge is 0.381 e. The first-order chi connectivity index (χ1) is 8.51. The van der Waals surface area contributed by atoms with Crippen molar-refractivity contribution >= 4 is 45.6 Å². The number of likely N-dealkylation sites (N-methyl/N-ethyl adjacent to an activating group) is 1. The number of rotatable bonds is 3. The lowest BCUT2D eigenvalue weighted by Gasteiger charge is -2.35. The van der Waals surface area contributed by atoms with Crippen molar-refractivity contribution in [2.75, 3.05) is 20.3 Å². The molecule has 0 atom stereocenters. The highest BCUT2D eigenvalue weighted by Crippen LogP contribution is 2.25. The Kier molecular flexibility index (Phi) is 6.26. The van der Waals surface area contributed by atoms with Crippen LogP contribution in [0.3, 0.4) is 0 Å². The number of hydrogen-bond donors (Lipinski definition) is 1. The summed E-state index contributed by atoms with van der Waals surface area (Å²) in [6.45, 7) is 1.75. The summed E-state index contributed by atoms with van der Waals surface area (Å²) in [6, 6.07) is 4.01. The SMILES string of the molecule is CN(Cc1ccc(Br)s1)C(=O)C1(N)CCOCC1.Cl. The highest BCUT2D eigenvalue weighted by Gasteiger charge is 2.37. The predicted molar refractivity (Wildman–Crippen MR) is 82.7 cm³/mol. The molecule has 0 aromatic carbocycles. The van der Waals surface area contributed by atoms with E-state index in [4.69, 9.17) is 10.5 Å². The number of carbonyl (C=O) groups excluding carboxylic acids is 1. The molecule has 1 fully saturated rings. The average Bonchev–Trinajstić information content (AvgIpc) is 2.74. The Morgan fingerprint density at radius 1 is 1.53 bits per heavy atom. The van der Waals surface area contributed by atoms with Gasteiger partial charge in [0.15, 0.2) is 0 Å². The Labute approximate surface area is 131 Å². The summed E-state index contributed by atoms with van der Waals surface area (Å²) in [5, 5.41) is 0. The molecular formula is C12H18BrClN2O2S. The molecule has 0 unspecified atom stereocenters. The molecule has 0 spiro atoms. The summed E-state index contributed by atoms with van der Waals surface area (Å²) in [5.74, 6) is 0.00956. The van der Waals surface area contributed by atoms with E-state index in [0.29, 0.717) is 32.6 Å². The van der Waals surface area contributed by atoms with Crippen LogP contribution >= 0.6 is 39.7 Å². The van der Waals surface area contributed by atoms with Crippen molar-refractivity contribution in [2.24, 2.45) is 5.73 Å². The minimum Gasteiger partial charge on any atom is -0.381 e. The van der Waals surface area contributed by atoms with E-state index in [9.17, 15) is 4.79 Å². The van der Waals surface area contributed by atoms with E-state index in [0.717, 1.165) is 8.66 Å². The lowest BCUT2D eigenvalue weighted by Crippen LogP contribution is -2.57. The highest BCUT2D eigenvalue weighted by molar-refractivity contribution is 9.11. The first-order valence-corrected chi connectivity index (χ1v) is 7.49. The van der Waals surface area contributed by atoms with Crippen LogP contribution < -0.4 is 5.73 Å². The van der Waals surface area contributed by atoms with Crippen LogP contribution in [0.1, 0.15) is 17.7 Å². The molecule has 0 aliphatic carbocycles. The van der Waals surface area contributed by atoms with E-state index in [1.807, 2.05) is 12.1 Å². The number of thiophene rings is 1. The third-order valence-electron chi connectivity index (χ3n) is 3.18. The minimum absolute atomic E-state index is 0.